The lowest BCUT2D eigenvalue weighted by molar-refractivity contribution is 0.427. The van der Waals surface area contributed by atoms with Crippen LogP contribution >= 0.6 is 0 Å². The summed E-state index contributed by atoms with van der Waals surface area (Å²) in [7, 11) is 1.93. The van der Waals surface area contributed by atoms with Crippen LogP contribution in [0.15, 0.2) is 24.5 Å². The van der Waals surface area contributed by atoms with Gasteiger partial charge in [-0.1, -0.05) is 0 Å². The van der Waals surface area contributed by atoms with Crippen molar-refractivity contribution < 1.29 is 9.13 Å². The summed E-state index contributed by atoms with van der Waals surface area (Å²) in [6.45, 7) is 0.856. The van der Waals surface area contributed by atoms with Gasteiger partial charge in [0, 0.05) is 31.8 Å². The molecule has 2 heterocycles. The zero-order chi connectivity index (χ0) is 13.4. The Hall–Kier alpha value is -2.37. The Morgan fingerprint density at radius 3 is 3.00 bits per heavy atom. The summed E-state index contributed by atoms with van der Waals surface area (Å²) in [6.07, 6.45) is 2.28. The van der Waals surface area contributed by atoms with Gasteiger partial charge in [0.05, 0.1) is 5.69 Å². The maximum atomic E-state index is 13.7. The predicted molar refractivity (Wildman–Crippen MR) is 69.9 cm³/mol. The molecule has 0 saturated carbocycles. The molecule has 3 rings (SSSR count). The third kappa shape index (κ3) is 2.05. The number of halogens is 1. The summed E-state index contributed by atoms with van der Waals surface area (Å²) in [5.41, 5.74) is 7.60. The van der Waals surface area contributed by atoms with Crippen LogP contribution in [0.2, 0.25) is 0 Å². The number of anilines is 2. The number of nitrogens with two attached hydrogens (primary N) is 1. The van der Waals surface area contributed by atoms with Crippen LogP contribution in [-0.2, 0) is 6.42 Å². The van der Waals surface area contributed by atoms with E-state index in [-0.39, 0.29) is 5.75 Å². The van der Waals surface area contributed by atoms with Crippen molar-refractivity contribution >= 4 is 11.4 Å². The molecular weight excluding hydrogens is 247 g/mol. The molecule has 2 N–H and O–H groups in total. The lowest BCUT2D eigenvalue weighted by Crippen LogP contribution is -2.13. The second kappa shape index (κ2) is 4.38. The predicted octanol–water partition coefficient (Wildman–Crippen LogP) is 1.98. The molecule has 0 aliphatic carbocycles. The zero-order valence-electron chi connectivity index (χ0n) is 10.4. The quantitative estimate of drug-likeness (QED) is 0.836. The van der Waals surface area contributed by atoms with Gasteiger partial charge in [-0.05, 0) is 12.1 Å². The molecule has 98 valence electrons. The Kier molecular flexibility index (Phi) is 2.70. The smallest absolute Gasteiger partial charge is 0.246 e. The Labute approximate surface area is 109 Å². The lowest BCUT2D eigenvalue weighted by atomic mass is 10.3. The first kappa shape index (κ1) is 11.7. The third-order valence-electron chi connectivity index (χ3n) is 3.09. The van der Waals surface area contributed by atoms with E-state index in [1.165, 1.54) is 18.5 Å². The molecule has 0 atom stereocenters. The Bertz CT molecular complexity index is 632. The molecular formula is C13H13FN4O. The maximum Gasteiger partial charge on any atom is 0.246 e. The van der Waals surface area contributed by atoms with Crippen molar-refractivity contribution in [1.29, 1.82) is 0 Å². The number of ether oxygens (including phenoxy) is 1. The van der Waals surface area contributed by atoms with Crippen molar-refractivity contribution in [3.05, 3.63) is 36.0 Å². The number of rotatable bonds is 2. The summed E-state index contributed by atoms with van der Waals surface area (Å²) in [5.74, 6) is -0.0305. The van der Waals surface area contributed by atoms with Gasteiger partial charge in [-0.15, -0.1) is 0 Å². The minimum Gasteiger partial charge on any atom is -0.434 e. The first-order valence-electron chi connectivity index (χ1n) is 5.93. The summed E-state index contributed by atoms with van der Waals surface area (Å²) in [4.78, 5) is 10.3. The third-order valence-corrected chi connectivity index (χ3v) is 3.09. The number of fused-ring (bicyclic) bond motifs is 1. The Morgan fingerprint density at radius 1 is 1.37 bits per heavy atom. The van der Waals surface area contributed by atoms with E-state index >= 15 is 0 Å². The molecule has 1 aliphatic rings. The fourth-order valence-corrected chi connectivity index (χ4v) is 2.13. The number of hydrogen-bond donors (Lipinski definition) is 1. The highest BCUT2D eigenvalue weighted by Crippen LogP contribution is 2.36. The second-order valence-corrected chi connectivity index (χ2v) is 4.44. The number of aromatic nitrogens is 2. The van der Waals surface area contributed by atoms with Gasteiger partial charge >= 0.3 is 0 Å². The molecule has 2 aromatic rings. The van der Waals surface area contributed by atoms with Gasteiger partial charge in [0.25, 0.3) is 0 Å². The number of nitrogens with zero attached hydrogens (tertiary/aromatic N) is 3. The van der Waals surface area contributed by atoms with Gasteiger partial charge in [-0.2, -0.15) is 4.98 Å². The van der Waals surface area contributed by atoms with E-state index in [4.69, 9.17) is 10.5 Å². The summed E-state index contributed by atoms with van der Waals surface area (Å²) in [5, 5.41) is 0. The van der Waals surface area contributed by atoms with Crippen molar-refractivity contribution in [3.8, 4) is 11.6 Å². The fraction of sp³-hybridized carbons (Fsp3) is 0.231. The molecule has 1 aromatic heterocycles. The highest BCUT2D eigenvalue weighted by molar-refractivity contribution is 5.62. The van der Waals surface area contributed by atoms with E-state index in [1.54, 1.807) is 6.07 Å². The first-order valence-corrected chi connectivity index (χ1v) is 5.93. The minimum absolute atomic E-state index is 0.107. The molecule has 1 aliphatic heterocycles. The number of likely N-dealkylation sites (N-methyl/N-ethyl adjacent to an activating group) is 1. The SMILES string of the molecule is CN1CCc2ncnc(Oc3ccc(N)cc3F)c21. The second-order valence-electron chi connectivity index (χ2n) is 4.44. The van der Waals surface area contributed by atoms with Crippen LogP contribution in [0.5, 0.6) is 11.6 Å². The normalized spacial score (nSPS) is 13.5. The van der Waals surface area contributed by atoms with Crippen LogP contribution in [-0.4, -0.2) is 23.6 Å². The first-order chi connectivity index (χ1) is 9.15. The van der Waals surface area contributed by atoms with E-state index in [2.05, 4.69) is 9.97 Å². The summed E-state index contributed by atoms with van der Waals surface area (Å²) in [6, 6.07) is 4.30. The topological polar surface area (TPSA) is 64.3 Å². The van der Waals surface area contributed by atoms with Gasteiger partial charge < -0.3 is 15.4 Å². The van der Waals surface area contributed by atoms with E-state index in [1.807, 2.05) is 11.9 Å². The number of benzene rings is 1. The Balaban J connectivity index is 1.98. The van der Waals surface area contributed by atoms with Gasteiger partial charge in [-0.3, -0.25) is 0 Å². The molecule has 0 radical (unpaired) electrons. The highest BCUT2D eigenvalue weighted by atomic mass is 19.1. The molecule has 5 nitrogen and oxygen atoms in total. The van der Waals surface area contributed by atoms with E-state index in [9.17, 15) is 4.39 Å². The lowest BCUT2D eigenvalue weighted by Gasteiger charge is -2.15. The highest BCUT2D eigenvalue weighted by Gasteiger charge is 2.23. The molecule has 0 unspecified atom stereocenters. The van der Waals surface area contributed by atoms with Crippen LogP contribution in [0.3, 0.4) is 0 Å². The average molecular weight is 260 g/mol. The van der Waals surface area contributed by atoms with Crippen LogP contribution in [0.25, 0.3) is 0 Å². The van der Waals surface area contributed by atoms with Crippen molar-refractivity contribution in [2.75, 3.05) is 24.2 Å². The largest absolute Gasteiger partial charge is 0.434 e. The standard InChI is InChI=1S/C13H13FN4O/c1-18-5-4-10-12(18)13(17-7-16-10)19-11-3-2-8(15)6-9(11)14/h2-3,6-7H,4-5,15H2,1H3. The fourth-order valence-electron chi connectivity index (χ4n) is 2.13. The van der Waals surface area contributed by atoms with Crippen LogP contribution in [0.1, 0.15) is 5.69 Å². The van der Waals surface area contributed by atoms with Crippen molar-refractivity contribution in [3.63, 3.8) is 0 Å². The molecule has 0 amide bonds. The summed E-state index contributed by atoms with van der Waals surface area (Å²) >= 11 is 0. The van der Waals surface area contributed by atoms with E-state index in [0.717, 1.165) is 24.3 Å². The molecule has 0 bridgehead atoms. The molecule has 0 saturated heterocycles. The number of nitrogen functional groups attached to an aromatic ring is 1. The van der Waals surface area contributed by atoms with Gasteiger partial charge in [0.2, 0.25) is 5.88 Å². The van der Waals surface area contributed by atoms with Crippen LogP contribution < -0.4 is 15.4 Å². The molecule has 0 spiro atoms. The van der Waals surface area contributed by atoms with Crippen molar-refractivity contribution in [2.45, 2.75) is 6.42 Å². The van der Waals surface area contributed by atoms with Gasteiger partial charge in [0.1, 0.15) is 12.0 Å². The maximum absolute atomic E-state index is 13.7. The van der Waals surface area contributed by atoms with Gasteiger partial charge in [-0.25, -0.2) is 9.37 Å². The van der Waals surface area contributed by atoms with E-state index in [0.29, 0.717) is 11.6 Å². The Morgan fingerprint density at radius 2 is 2.21 bits per heavy atom. The molecule has 6 heteroatoms. The average Bonchev–Trinajstić information content (AvgIpc) is 2.76. The summed E-state index contributed by atoms with van der Waals surface area (Å²) < 4.78 is 19.3. The molecule has 19 heavy (non-hydrogen) atoms. The van der Waals surface area contributed by atoms with Crippen LogP contribution in [0.4, 0.5) is 15.8 Å². The van der Waals surface area contributed by atoms with Crippen LogP contribution in [0, 0.1) is 5.82 Å². The monoisotopic (exact) mass is 260 g/mol. The number of hydrogen-bond acceptors (Lipinski definition) is 5. The minimum atomic E-state index is -0.506. The van der Waals surface area contributed by atoms with Gasteiger partial charge in [0.15, 0.2) is 11.6 Å². The molecule has 0 fully saturated rings. The molecule has 1 aromatic carbocycles. The van der Waals surface area contributed by atoms with E-state index < -0.39 is 5.82 Å². The van der Waals surface area contributed by atoms with Crippen molar-refractivity contribution in [2.24, 2.45) is 0 Å². The van der Waals surface area contributed by atoms with Crippen molar-refractivity contribution in [1.82, 2.24) is 9.97 Å². The zero-order valence-corrected chi connectivity index (χ0v) is 10.4.